The van der Waals surface area contributed by atoms with Crippen LogP contribution >= 0.6 is 0 Å². The zero-order valence-corrected chi connectivity index (χ0v) is 16.6. The van der Waals surface area contributed by atoms with Gasteiger partial charge in [0.2, 0.25) is 10.0 Å². The number of hydrogen-bond acceptors (Lipinski definition) is 5. The lowest BCUT2D eigenvalue weighted by atomic mass is 10.2. The highest BCUT2D eigenvalue weighted by molar-refractivity contribution is 7.93. The minimum absolute atomic E-state index is 0.119. The summed E-state index contributed by atoms with van der Waals surface area (Å²) in [6, 6.07) is 12.5. The van der Waals surface area contributed by atoms with Gasteiger partial charge in [-0.05, 0) is 68.3 Å². The number of nitrogens with one attached hydrogen (secondary N) is 1. The fourth-order valence-electron chi connectivity index (χ4n) is 2.87. The third kappa shape index (κ3) is 4.54. The number of rotatable bonds is 6. The Bertz CT molecular complexity index is 985. The molecule has 0 saturated carbocycles. The fraction of sp³-hybridized carbons (Fsp3) is 0.333. The Labute approximate surface area is 160 Å². The summed E-state index contributed by atoms with van der Waals surface area (Å²) in [5.41, 5.74) is 0.903. The number of hydrogen-bond donors (Lipinski definition) is 1. The van der Waals surface area contributed by atoms with Gasteiger partial charge in [-0.25, -0.2) is 16.8 Å². The molecule has 0 aromatic heterocycles. The highest BCUT2D eigenvalue weighted by Crippen LogP contribution is 2.26. The van der Waals surface area contributed by atoms with E-state index in [9.17, 15) is 16.8 Å². The molecule has 0 bridgehead atoms. The van der Waals surface area contributed by atoms with Crippen molar-refractivity contribution in [1.29, 1.82) is 0 Å². The van der Waals surface area contributed by atoms with Gasteiger partial charge in [-0.1, -0.05) is 0 Å². The molecule has 7 nitrogen and oxygen atoms in total. The minimum Gasteiger partial charge on any atom is -0.494 e. The molecule has 9 heteroatoms. The summed E-state index contributed by atoms with van der Waals surface area (Å²) in [5.74, 6) is 0.739. The van der Waals surface area contributed by atoms with Crippen LogP contribution < -0.4 is 13.8 Å². The number of nitrogens with zero attached hydrogens (tertiary/aromatic N) is 1. The Morgan fingerprint density at radius 3 is 2.30 bits per heavy atom. The van der Waals surface area contributed by atoms with Crippen LogP contribution in [0.5, 0.6) is 5.75 Å². The van der Waals surface area contributed by atoms with Crippen LogP contribution in [0.3, 0.4) is 0 Å². The van der Waals surface area contributed by atoms with Gasteiger partial charge in [0.15, 0.2) is 0 Å². The average molecular weight is 411 g/mol. The van der Waals surface area contributed by atoms with Crippen molar-refractivity contribution < 1.29 is 21.6 Å². The molecule has 146 valence electrons. The van der Waals surface area contributed by atoms with Crippen molar-refractivity contribution in [3.05, 3.63) is 48.5 Å². The number of benzene rings is 2. The van der Waals surface area contributed by atoms with Crippen molar-refractivity contribution in [2.75, 3.05) is 27.9 Å². The second-order valence-electron chi connectivity index (χ2n) is 6.15. The van der Waals surface area contributed by atoms with Gasteiger partial charge in [0.1, 0.15) is 5.75 Å². The molecule has 0 atom stereocenters. The molecule has 0 aliphatic carbocycles. The molecule has 0 radical (unpaired) electrons. The van der Waals surface area contributed by atoms with Crippen LogP contribution in [-0.2, 0) is 20.0 Å². The van der Waals surface area contributed by atoms with E-state index in [1.54, 1.807) is 36.4 Å². The van der Waals surface area contributed by atoms with Crippen molar-refractivity contribution in [2.45, 2.75) is 24.7 Å². The predicted molar refractivity (Wildman–Crippen MR) is 105 cm³/mol. The Balaban J connectivity index is 1.75. The maximum absolute atomic E-state index is 12.5. The van der Waals surface area contributed by atoms with Crippen LogP contribution in [0.4, 0.5) is 11.4 Å². The van der Waals surface area contributed by atoms with Crippen molar-refractivity contribution >= 4 is 31.4 Å². The van der Waals surface area contributed by atoms with Crippen LogP contribution in [-0.4, -0.2) is 35.7 Å². The summed E-state index contributed by atoms with van der Waals surface area (Å²) < 4.78 is 58.5. The molecule has 27 heavy (non-hydrogen) atoms. The maximum Gasteiger partial charge on any atom is 0.261 e. The fourth-order valence-corrected chi connectivity index (χ4v) is 5.57. The molecular weight excluding hydrogens is 388 g/mol. The molecule has 2 aromatic rings. The largest absolute Gasteiger partial charge is 0.494 e. The molecule has 1 fully saturated rings. The quantitative estimate of drug-likeness (QED) is 0.790. The van der Waals surface area contributed by atoms with Crippen molar-refractivity contribution in [3.8, 4) is 5.75 Å². The molecule has 1 aliphatic heterocycles. The Kier molecular flexibility index (Phi) is 5.61. The average Bonchev–Trinajstić information content (AvgIpc) is 2.63. The van der Waals surface area contributed by atoms with Crippen molar-refractivity contribution in [2.24, 2.45) is 0 Å². The van der Waals surface area contributed by atoms with Gasteiger partial charge in [-0.3, -0.25) is 9.03 Å². The summed E-state index contributed by atoms with van der Waals surface area (Å²) >= 11 is 0. The first-order valence-electron chi connectivity index (χ1n) is 8.68. The Hall–Kier alpha value is -2.26. The standard InChI is InChI=1S/C18H22N2O5S2/c1-2-25-17-9-11-18(12-10-17)27(23,24)19-15-5-7-16(8-6-15)20-13-3-4-14-26(20,21)22/h5-12,19H,2-4,13-14H2,1H3. The molecule has 2 aromatic carbocycles. The lowest BCUT2D eigenvalue weighted by molar-refractivity contribution is 0.340. The summed E-state index contributed by atoms with van der Waals surface area (Å²) in [6.45, 7) is 2.80. The Morgan fingerprint density at radius 2 is 1.70 bits per heavy atom. The normalized spacial score (nSPS) is 16.7. The van der Waals surface area contributed by atoms with Gasteiger partial charge >= 0.3 is 0 Å². The van der Waals surface area contributed by atoms with E-state index in [1.807, 2.05) is 6.92 Å². The third-order valence-electron chi connectivity index (χ3n) is 4.20. The van der Waals surface area contributed by atoms with E-state index in [0.29, 0.717) is 36.7 Å². The molecule has 3 rings (SSSR count). The molecule has 0 amide bonds. The minimum atomic E-state index is -3.74. The first-order valence-corrected chi connectivity index (χ1v) is 11.8. The van der Waals surface area contributed by atoms with Crippen LogP contribution in [0, 0.1) is 0 Å². The summed E-state index contributed by atoms with van der Waals surface area (Å²) in [5, 5.41) is 0. The lowest BCUT2D eigenvalue weighted by Crippen LogP contribution is -2.37. The highest BCUT2D eigenvalue weighted by Gasteiger charge is 2.26. The van der Waals surface area contributed by atoms with E-state index in [0.717, 1.165) is 6.42 Å². The molecule has 1 N–H and O–H groups in total. The van der Waals surface area contributed by atoms with Gasteiger partial charge in [-0.15, -0.1) is 0 Å². The number of anilines is 2. The third-order valence-corrected chi connectivity index (χ3v) is 7.47. The Morgan fingerprint density at radius 1 is 1.04 bits per heavy atom. The SMILES string of the molecule is CCOc1ccc(S(=O)(=O)Nc2ccc(N3CCCCS3(=O)=O)cc2)cc1. The van der Waals surface area contributed by atoms with E-state index in [1.165, 1.54) is 16.4 Å². The topological polar surface area (TPSA) is 92.8 Å². The zero-order chi connectivity index (χ0) is 19.5. The molecule has 0 unspecified atom stereocenters. The van der Waals surface area contributed by atoms with Gasteiger partial charge in [0.25, 0.3) is 10.0 Å². The van der Waals surface area contributed by atoms with Crippen LogP contribution in [0.1, 0.15) is 19.8 Å². The molecule has 1 saturated heterocycles. The van der Waals surface area contributed by atoms with E-state index < -0.39 is 20.0 Å². The maximum atomic E-state index is 12.5. The van der Waals surface area contributed by atoms with Crippen molar-refractivity contribution in [1.82, 2.24) is 0 Å². The van der Waals surface area contributed by atoms with Gasteiger partial charge in [0, 0.05) is 12.2 Å². The second-order valence-corrected chi connectivity index (χ2v) is 9.85. The van der Waals surface area contributed by atoms with Gasteiger partial charge < -0.3 is 4.74 Å². The van der Waals surface area contributed by atoms with E-state index in [4.69, 9.17) is 4.74 Å². The van der Waals surface area contributed by atoms with Crippen LogP contribution in [0.15, 0.2) is 53.4 Å². The van der Waals surface area contributed by atoms with E-state index in [-0.39, 0.29) is 10.6 Å². The monoisotopic (exact) mass is 410 g/mol. The predicted octanol–water partition coefficient (Wildman–Crippen LogP) is 2.82. The smallest absolute Gasteiger partial charge is 0.261 e. The summed E-state index contributed by atoms with van der Waals surface area (Å²) in [7, 11) is -7.04. The lowest BCUT2D eigenvalue weighted by Gasteiger charge is -2.28. The molecule has 1 aliphatic rings. The number of sulfonamides is 2. The second kappa shape index (κ2) is 7.77. The van der Waals surface area contributed by atoms with Gasteiger partial charge in [0.05, 0.1) is 22.9 Å². The molecular formula is C18H22N2O5S2. The van der Waals surface area contributed by atoms with Crippen molar-refractivity contribution in [3.63, 3.8) is 0 Å². The summed E-state index contributed by atoms with van der Waals surface area (Å²) in [6.07, 6.45) is 1.48. The van der Waals surface area contributed by atoms with E-state index in [2.05, 4.69) is 4.72 Å². The molecule has 0 spiro atoms. The van der Waals surface area contributed by atoms with Crippen LogP contribution in [0.25, 0.3) is 0 Å². The molecule has 1 heterocycles. The summed E-state index contributed by atoms with van der Waals surface area (Å²) in [4.78, 5) is 0.119. The van der Waals surface area contributed by atoms with Gasteiger partial charge in [-0.2, -0.15) is 0 Å². The zero-order valence-electron chi connectivity index (χ0n) is 15.0. The first-order chi connectivity index (χ1) is 12.8. The van der Waals surface area contributed by atoms with E-state index >= 15 is 0 Å². The highest BCUT2D eigenvalue weighted by atomic mass is 32.2. The number of ether oxygens (including phenoxy) is 1. The first kappa shape index (κ1) is 19.5. The van der Waals surface area contributed by atoms with Crippen LogP contribution in [0.2, 0.25) is 0 Å².